The first-order valence-corrected chi connectivity index (χ1v) is 9.00. The van der Waals surface area contributed by atoms with Crippen LogP contribution in [0.2, 0.25) is 0 Å². The van der Waals surface area contributed by atoms with Crippen LogP contribution in [0.25, 0.3) is 16.6 Å². The number of hydrogen-bond acceptors (Lipinski definition) is 4. The molecule has 0 saturated heterocycles. The number of carbonyl (C=O) groups is 2. The number of benzene rings is 1. The standard InChI is InChI=1S/C20H20N6O2/c1-12-14(9-10-18(27)23-24-20(28)17-8-5-11-21-17)13(2)26-19(22-12)15-6-3-4-7-16(15)25-26/h3-8,11,21H,9-10H2,1-2H3,(H,23,27)(H,24,28). The zero-order valence-electron chi connectivity index (χ0n) is 15.6. The molecular weight excluding hydrogens is 356 g/mol. The maximum absolute atomic E-state index is 12.1. The number of nitrogens with zero attached hydrogens (tertiary/aromatic N) is 3. The van der Waals surface area contributed by atoms with Crippen molar-refractivity contribution in [1.82, 2.24) is 30.4 Å². The molecule has 3 heterocycles. The first kappa shape index (κ1) is 17.7. The summed E-state index contributed by atoms with van der Waals surface area (Å²) in [6, 6.07) is 11.2. The lowest BCUT2D eigenvalue weighted by atomic mass is 10.1. The third-order valence-corrected chi connectivity index (χ3v) is 4.78. The molecule has 0 radical (unpaired) electrons. The average molecular weight is 376 g/mol. The highest BCUT2D eigenvalue weighted by atomic mass is 16.2. The molecule has 0 spiro atoms. The summed E-state index contributed by atoms with van der Waals surface area (Å²) < 4.78 is 1.83. The van der Waals surface area contributed by atoms with Gasteiger partial charge in [0.15, 0.2) is 5.65 Å². The molecule has 4 aromatic rings. The maximum Gasteiger partial charge on any atom is 0.286 e. The van der Waals surface area contributed by atoms with Crippen molar-refractivity contribution in [2.75, 3.05) is 0 Å². The fraction of sp³-hybridized carbons (Fsp3) is 0.200. The zero-order valence-corrected chi connectivity index (χ0v) is 15.6. The molecule has 1 aromatic carbocycles. The van der Waals surface area contributed by atoms with E-state index in [4.69, 9.17) is 4.98 Å². The Balaban J connectivity index is 1.48. The van der Waals surface area contributed by atoms with Gasteiger partial charge in [-0.15, -0.1) is 0 Å². The second-order valence-corrected chi connectivity index (χ2v) is 6.60. The molecule has 0 aliphatic heterocycles. The lowest BCUT2D eigenvalue weighted by molar-refractivity contribution is -0.121. The minimum Gasteiger partial charge on any atom is -0.357 e. The van der Waals surface area contributed by atoms with Crippen LogP contribution in [0, 0.1) is 13.8 Å². The number of aromatic nitrogens is 4. The van der Waals surface area contributed by atoms with E-state index in [9.17, 15) is 9.59 Å². The Morgan fingerprint density at radius 2 is 1.93 bits per heavy atom. The van der Waals surface area contributed by atoms with Gasteiger partial charge in [-0.3, -0.25) is 20.4 Å². The number of amides is 2. The number of rotatable bonds is 4. The van der Waals surface area contributed by atoms with E-state index in [2.05, 4.69) is 20.9 Å². The Morgan fingerprint density at radius 3 is 2.71 bits per heavy atom. The molecule has 28 heavy (non-hydrogen) atoms. The van der Waals surface area contributed by atoms with Crippen LogP contribution in [0.3, 0.4) is 0 Å². The number of H-pyrrole nitrogens is 1. The molecule has 3 N–H and O–H groups in total. The summed E-state index contributed by atoms with van der Waals surface area (Å²) in [5.41, 5.74) is 9.73. The summed E-state index contributed by atoms with van der Waals surface area (Å²) in [6.45, 7) is 3.92. The van der Waals surface area contributed by atoms with E-state index in [0.717, 1.165) is 33.5 Å². The number of hydrogen-bond donors (Lipinski definition) is 3. The number of carbonyl (C=O) groups excluding carboxylic acids is 2. The van der Waals surface area contributed by atoms with E-state index < -0.39 is 5.91 Å². The van der Waals surface area contributed by atoms with Gasteiger partial charge < -0.3 is 4.98 Å². The van der Waals surface area contributed by atoms with Crippen LogP contribution < -0.4 is 10.9 Å². The van der Waals surface area contributed by atoms with Gasteiger partial charge in [-0.1, -0.05) is 12.1 Å². The predicted octanol–water partition coefficient (Wildman–Crippen LogP) is 2.22. The normalized spacial score (nSPS) is 11.1. The first-order chi connectivity index (χ1) is 13.5. The van der Waals surface area contributed by atoms with Gasteiger partial charge in [0, 0.05) is 29.4 Å². The second-order valence-electron chi connectivity index (χ2n) is 6.60. The van der Waals surface area contributed by atoms with Gasteiger partial charge in [-0.2, -0.15) is 5.10 Å². The van der Waals surface area contributed by atoms with Crippen LogP contribution in [0.5, 0.6) is 0 Å². The van der Waals surface area contributed by atoms with Crippen molar-refractivity contribution in [3.8, 4) is 0 Å². The van der Waals surface area contributed by atoms with Gasteiger partial charge in [0.25, 0.3) is 5.91 Å². The number of aromatic amines is 1. The fourth-order valence-corrected chi connectivity index (χ4v) is 3.30. The average Bonchev–Trinajstić information content (AvgIpc) is 3.34. The molecule has 0 saturated carbocycles. The van der Waals surface area contributed by atoms with E-state index in [0.29, 0.717) is 12.1 Å². The summed E-state index contributed by atoms with van der Waals surface area (Å²) in [4.78, 5) is 31.5. The van der Waals surface area contributed by atoms with Gasteiger partial charge in [-0.25, -0.2) is 9.50 Å². The Morgan fingerprint density at radius 1 is 1.11 bits per heavy atom. The lowest BCUT2D eigenvalue weighted by Gasteiger charge is -2.11. The van der Waals surface area contributed by atoms with Gasteiger partial charge >= 0.3 is 0 Å². The number of aryl methyl sites for hydroxylation is 2. The number of nitrogens with one attached hydrogen (secondary N) is 3. The summed E-state index contributed by atoms with van der Waals surface area (Å²) in [5, 5.41) is 5.63. The Bertz CT molecular complexity index is 1180. The molecule has 0 unspecified atom stereocenters. The van der Waals surface area contributed by atoms with Gasteiger partial charge in [-0.05, 0) is 50.1 Å². The molecular formula is C20H20N6O2. The summed E-state index contributed by atoms with van der Waals surface area (Å²) in [7, 11) is 0. The van der Waals surface area contributed by atoms with E-state index in [1.165, 1.54) is 0 Å². The Hall–Kier alpha value is -3.68. The second kappa shape index (κ2) is 7.15. The van der Waals surface area contributed by atoms with Gasteiger partial charge in [0.05, 0.1) is 5.52 Å². The van der Waals surface area contributed by atoms with E-state index in [1.807, 2.05) is 42.6 Å². The smallest absolute Gasteiger partial charge is 0.286 e. The quantitative estimate of drug-likeness (QED) is 0.475. The van der Waals surface area contributed by atoms with E-state index in [-0.39, 0.29) is 12.3 Å². The lowest BCUT2D eigenvalue weighted by Crippen LogP contribution is -2.41. The fourth-order valence-electron chi connectivity index (χ4n) is 3.30. The topological polar surface area (TPSA) is 104 Å². The SMILES string of the molecule is Cc1nc2c3ccccc3nn2c(C)c1CCC(=O)NNC(=O)c1ccc[nH]1. The highest BCUT2D eigenvalue weighted by Crippen LogP contribution is 2.22. The number of hydrazine groups is 1. The third-order valence-electron chi connectivity index (χ3n) is 4.78. The molecule has 0 aliphatic rings. The molecule has 0 aliphatic carbocycles. The molecule has 4 rings (SSSR count). The first-order valence-electron chi connectivity index (χ1n) is 9.00. The zero-order chi connectivity index (χ0) is 19.7. The molecule has 2 amide bonds. The van der Waals surface area contributed by atoms with Crippen LogP contribution in [-0.2, 0) is 11.2 Å². The Kier molecular flexibility index (Phi) is 4.52. The molecule has 0 fully saturated rings. The van der Waals surface area contributed by atoms with Crippen molar-refractivity contribution in [1.29, 1.82) is 0 Å². The van der Waals surface area contributed by atoms with Crippen LogP contribution in [0.1, 0.15) is 33.9 Å². The van der Waals surface area contributed by atoms with Crippen molar-refractivity contribution < 1.29 is 9.59 Å². The maximum atomic E-state index is 12.1. The van der Waals surface area contributed by atoms with Crippen molar-refractivity contribution in [2.45, 2.75) is 26.7 Å². The van der Waals surface area contributed by atoms with Gasteiger partial charge in [0.2, 0.25) is 5.91 Å². The molecule has 8 heteroatoms. The van der Waals surface area contributed by atoms with Crippen molar-refractivity contribution >= 4 is 28.4 Å². The monoisotopic (exact) mass is 376 g/mol. The van der Waals surface area contributed by atoms with Crippen LogP contribution in [0.15, 0.2) is 42.6 Å². The highest BCUT2D eigenvalue weighted by Gasteiger charge is 2.15. The van der Waals surface area contributed by atoms with Crippen LogP contribution in [-0.4, -0.2) is 31.4 Å². The minimum absolute atomic E-state index is 0.223. The van der Waals surface area contributed by atoms with E-state index in [1.54, 1.807) is 18.3 Å². The molecule has 0 atom stereocenters. The van der Waals surface area contributed by atoms with E-state index >= 15 is 0 Å². The highest BCUT2D eigenvalue weighted by molar-refractivity contribution is 5.94. The Labute approximate surface area is 160 Å². The minimum atomic E-state index is -0.392. The molecule has 8 nitrogen and oxygen atoms in total. The van der Waals surface area contributed by atoms with Crippen LogP contribution in [0.4, 0.5) is 0 Å². The van der Waals surface area contributed by atoms with Crippen molar-refractivity contribution in [2.24, 2.45) is 0 Å². The molecule has 142 valence electrons. The molecule has 3 aromatic heterocycles. The molecule has 0 bridgehead atoms. The largest absolute Gasteiger partial charge is 0.357 e. The summed E-state index contributed by atoms with van der Waals surface area (Å²) in [5.74, 6) is -0.665. The van der Waals surface area contributed by atoms with Crippen molar-refractivity contribution in [3.05, 3.63) is 65.2 Å². The van der Waals surface area contributed by atoms with Gasteiger partial charge in [0.1, 0.15) is 5.69 Å². The summed E-state index contributed by atoms with van der Waals surface area (Å²) >= 11 is 0. The number of fused-ring (bicyclic) bond motifs is 3. The van der Waals surface area contributed by atoms with Crippen molar-refractivity contribution in [3.63, 3.8) is 0 Å². The summed E-state index contributed by atoms with van der Waals surface area (Å²) in [6.07, 6.45) is 2.37. The third kappa shape index (κ3) is 3.20. The predicted molar refractivity (Wildman–Crippen MR) is 105 cm³/mol. The van der Waals surface area contributed by atoms with Crippen LogP contribution >= 0.6 is 0 Å².